The molecule has 0 aromatic carbocycles. The molecule has 0 aliphatic rings. The minimum atomic E-state index is -1.19. The number of carbonyl (C=O) groups is 1. The minimum Gasteiger partial charge on any atom is -0.480 e. The molecule has 0 bridgehead atoms. The smallest absolute Gasteiger partial charge is 0.356 e. The molecule has 3 N–H and O–H groups in total. The lowest BCUT2D eigenvalue weighted by Gasteiger charge is -2.05. The van der Waals surface area contributed by atoms with E-state index in [1.54, 1.807) is 6.07 Å². The number of carboxylic acid groups (broad SMARTS) is 1. The van der Waals surface area contributed by atoms with E-state index in [1.807, 2.05) is 0 Å². The van der Waals surface area contributed by atoms with Crippen molar-refractivity contribution in [2.24, 2.45) is 0 Å². The Hall–Kier alpha value is -2.70. The molecule has 2 aromatic rings. The van der Waals surface area contributed by atoms with Crippen molar-refractivity contribution < 1.29 is 14.6 Å². The number of carboxylic acids is 1. The number of ether oxygens (including phenoxy) is 1. The van der Waals surface area contributed by atoms with E-state index in [1.165, 1.54) is 25.6 Å². The van der Waals surface area contributed by atoms with Crippen LogP contribution in [0.5, 0.6) is 5.88 Å². The van der Waals surface area contributed by atoms with Gasteiger partial charge < -0.3 is 15.6 Å². The van der Waals surface area contributed by atoms with Crippen molar-refractivity contribution in [2.45, 2.75) is 0 Å². The first-order valence-electron chi connectivity index (χ1n) is 4.98. The molecule has 18 heavy (non-hydrogen) atoms. The van der Waals surface area contributed by atoms with Gasteiger partial charge in [0.1, 0.15) is 5.69 Å². The lowest BCUT2D eigenvalue weighted by Crippen LogP contribution is -2.06. The first kappa shape index (κ1) is 11.8. The number of nitrogen functional groups attached to an aromatic ring is 1. The largest absolute Gasteiger partial charge is 0.480 e. The third kappa shape index (κ3) is 2.19. The van der Waals surface area contributed by atoms with Gasteiger partial charge >= 0.3 is 5.97 Å². The predicted octanol–water partition coefficient (Wildman–Crippen LogP) is 0.828. The molecule has 2 heterocycles. The fourth-order valence-corrected chi connectivity index (χ4v) is 1.35. The summed E-state index contributed by atoms with van der Waals surface area (Å²) in [5.74, 6) is -0.867. The molecule has 0 spiro atoms. The highest BCUT2D eigenvalue weighted by Crippen LogP contribution is 2.19. The highest BCUT2D eigenvalue weighted by atomic mass is 16.5. The van der Waals surface area contributed by atoms with Crippen LogP contribution in [0.1, 0.15) is 10.5 Å². The summed E-state index contributed by atoms with van der Waals surface area (Å²) in [5, 5.41) is 8.93. The number of aromatic carboxylic acids is 1. The molecule has 0 unspecified atom stereocenters. The van der Waals surface area contributed by atoms with Crippen molar-refractivity contribution in [1.82, 2.24) is 15.0 Å². The number of nitrogens with zero attached hydrogens (tertiary/aromatic N) is 3. The fraction of sp³-hybridized carbons (Fsp3) is 0.0909. The molecule has 0 amide bonds. The lowest BCUT2D eigenvalue weighted by molar-refractivity contribution is 0.0692. The summed E-state index contributed by atoms with van der Waals surface area (Å²) >= 11 is 0. The predicted molar refractivity (Wildman–Crippen MR) is 63.2 cm³/mol. The topological polar surface area (TPSA) is 111 Å². The van der Waals surface area contributed by atoms with Gasteiger partial charge in [0, 0.05) is 0 Å². The Balaban J connectivity index is 2.50. The standard InChI is InChI=1S/C11H10N4O3/c1-18-9-5-13-4-8(14-9)7-3-2-6(12)10(15-7)11(16)17/h2-5H,12H2,1H3,(H,16,17). The summed E-state index contributed by atoms with van der Waals surface area (Å²) in [6.45, 7) is 0. The Labute approximate surface area is 102 Å². The third-order valence-corrected chi connectivity index (χ3v) is 2.21. The van der Waals surface area contributed by atoms with Gasteiger partial charge in [-0.3, -0.25) is 4.98 Å². The lowest BCUT2D eigenvalue weighted by atomic mass is 10.2. The molecule has 0 saturated heterocycles. The molecule has 0 atom stereocenters. The summed E-state index contributed by atoms with van der Waals surface area (Å²) in [7, 11) is 1.47. The molecule has 0 radical (unpaired) electrons. The molecule has 2 aromatic heterocycles. The Morgan fingerprint density at radius 1 is 1.28 bits per heavy atom. The SMILES string of the molecule is COc1cncc(-c2ccc(N)c(C(=O)O)n2)n1. The minimum absolute atomic E-state index is 0.0992. The second kappa shape index (κ2) is 4.66. The average molecular weight is 246 g/mol. The van der Waals surface area contributed by atoms with E-state index in [0.717, 1.165) is 0 Å². The van der Waals surface area contributed by atoms with Crippen molar-refractivity contribution in [2.75, 3.05) is 12.8 Å². The van der Waals surface area contributed by atoms with Gasteiger partial charge in [-0.2, -0.15) is 0 Å². The van der Waals surface area contributed by atoms with E-state index >= 15 is 0 Å². The molecular formula is C11H10N4O3. The Bertz CT molecular complexity index is 601. The van der Waals surface area contributed by atoms with Crippen molar-refractivity contribution in [3.8, 4) is 17.3 Å². The Kier molecular flexibility index (Phi) is 3.05. The highest BCUT2D eigenvalue weighted by molar-refractivity contribution is 5.91. The highest BCUT2D eigenvalue weighted by Gasteiger charge is 2.12. The van der Waals surface area contributed by atoms with Crippen LogP contribution >= 0.6 is 0 Å². The molecule has 7 heteroatoms. The zero-order valence-corrected chi connectivity index (χ0v) is 9.49. The Morgan fingerprint density at radius 3 is 2.72 bits per heavy atom. The van der Waals surface area contributed by atoms with E-state index in [-0.39, 0.29) is 11.4 Å². The number of methoxy groups -OCH3 is 1. The van der Waals surface area contributed by atoms with E-state index in [4.69, 9.17) is 15.6 Å². The fourth-order valence-electron chi connectivity index (χ4n) is 1.35. The van der Waals surface area contributed by atoms with Gasteiger partial charge in [0.05, 0.1) is 30.9 Å². The van der Waals surface area contributed by atoms with Crippen molar-refractivity contribution in [1.29, 1.82) is 0 Å². The normalized spacial score (nSPS) is 10.1. The quantitative estimate of drug-likeness (QED) is 0.824. The molecule has 92 valence electrons. The van der Waals surface area contributed by atoms with Crippen LogP contribution in [0.2, 0.25) is 0 Å². The molecule has 0 aliphatic heterocycles. The average Bonchev–Trinajstić information content (AvgIpc) is 2.39. The second-order valence-electron chi connectivity index (χ2n) is 3.39. The maximum atomic E-state index is 10.9. The van der Waals surface area contributed by atoms with Crippen LogP contribution in [-0.2, 0) is 0 Å². The van der Waals surface area contributed by atoms with E-state index in [2.05, 4.69) is 15.0 Å². The van der Waals surface area contributed by atoms with Gasteiger partial charge in [0.2, 0.25) is 5.88 Å². The van der Waals surface area contributed by atoms with Crippen LogP contribution in [-0.4, -0.2) is 33.1 Å². The summed E-state index contributed by atoms with van der Waals surface area (Å²) in [4.78, 5) is 22.9. The maximum absolute atomic E-state index is 10.9. The van der Waals surface area contributed by atoms with Gasteiger partial charge in [-0.1, -0.05) is 0 Å². The first-order chi connectivity index (χ1) is 8.61. The second-order valence-corrected chi connectivity index (χ2v) is 3.39. The monoisotopic (exact) mass is 246 g/mol. The summed E-state index contributed by atoms with van der Waals surface area (Å²) in [5.41, 5.74) is 6.19. The third-order valence-electron chi connectivity index (χ3n) is 2.21. The number of hydrogen-bond donors (Lipinski definition) is 2. The number of nitrogens with two attached hydrogens (primary N) is 1. The molecular weight excluding hydrogens is 236 g/mol. The maximum Gasteiger partial charge on any atom is 0.356 e. The van der Waals surface area contributed by atoms with Gasteiger partial charge in [-0.05, 0) is 12.1 Å². The van der Waals surface area contributed by atoms with Gasteiger partial charge in [0.25, 0.3) is 0 Å². The Morgan fingerprint density at radius 2 is 2.06 bits per heavy atom. The van der Waals surface area contributed by atoms with Crippen LogP contribution in [0.4, 0.5) is 5.69 Å². The van der Waals surface area contributed by atoms with Crippen LogP contribution in [0, 0.1) is 0 Å². The summed E-state index contributed by atoms with van der Waals surface area (Å²) in [6, 6.07) is 3.04. The van der Waals surface area contributed by atoms with Crippen molar-refractivity contribution in [3.05, 3.63) is 30.2 Å². The van der Waals surface area contributed by atoms with Crippen LogP contribution < -0.4 is 10.5 Å². The molecule has 2 rings (SSSR count). The number of anilines is 1. The molecule has 0 saturated carbocycles. The number of aromatic nitrogens is 3. The molecule has 0 fully saturated rings. The van der Waals surface area contributed by atoms with Gasteiger partial charge in [-0.15, -0.1) is 0 Å². The summed E-state index contributed by atoms with van der Waals surface area (Å²) < 4.78 is 4.94. The zero-order valence-electron chi connectivity index (χ0n) is 9.49. The van der Waals surface area contributed by atoms with Gasteiger partial charge in [-0.25, -0.2) is 14.8 Å². The van der Waals surface area contributed by atoms with E-state index in [0.29, 0.717) is 17.3 Å². The van der Waals surface area contributed by atoms with Crippen LogP contribution in [0.15, 0.2) is 24.5 Å². The number of pyridine rings is 1. The van der Waals surface area contributed by atoms with Crippen LogP contribution in [0.3, 0.4) is 0 Å². The van der Waals surface area contributed by atoms with Crippen molar-refractivity contribution in [3.63, 3.8) is 0 Å². The molecule has 0 aliphatic carbocycles. The number of rotatable bonds is 3. The summed E-state index contributed by atoms with van der Waals surface area (Å²) in [6.07, 6.45) is 2.91. The zero-order chi connectivity index (χ0) is 13.1. The van der Waals surface area contributed by atoms with E-state index in [9.17, 15) is 4.79 Å². The molecule has 7 nitrogen and oxygen atoms in total. The van der Waals surface area contributed by atoms with Gasteiger partial charge in [0.15, 0.2) is 5.69 Å². The van der Waals surface area contributed by atoms with Crippen molar-refractivity contribution >= 4 is 11.7 Å². The first-order valence-corrected chi connectivity index (χ1v) is 4.98. The van der Waals surface area contributed by atoms with Crippen LogP contribution in [0.25, 0.3) is 11.4 Å². The number of hydrogen-bond acceptors (Lipinski definition) is 6. The van der Waals surface area contributed by atoms with E-state index < -0.39 is 5.97 Å².